The molecule has 0 aliphatic carbocycles. The molecule has 0 radical (unpaired) electrons. The van der Waals surface area contributed by atoms with Gasteiger partial charge in [0, 0.05) is 23.3 Å². The van der Waals surface area contributed by atoms with Crippen LogP contribution in [-0.2, 0) is 4.74 Å². The Labute approximate surface area is 220 Å². The van der Waals surface area contributed by atoms with Gasteiger partial charge in [-0.05, 0) is 54.6 Å². The minimum Gasteiger partial charge on any atom is -0.445 e. The zero-order chi connectivity index (χ0) is 27.7. The Hall–Kier alpha value is -5.51. The van der Waals surface area contributed by atoms with Crippen LogP contribution in [0.1, 0.15) is 53.1 Å². The van der Waals surface area contributed by atoms with Gasteiger partial charge in [-0.1, -0.05) is 30.3 Å². The smallest absolute Gasteiger partial charge is 0.339 e. The predicted molar refractivity (Wildman–Crippen MR) is 136 cm³/mol. The molecule has 9 nitrogen and oxygen atoms in total. The van der Waals surface area contributed by atoms with Gasteiger partial charge in [-0.15, -0.1) is 0 Å². The number of carbonyl (C=O) groups excluding carboxylic acids is 4. The summed E-state index contributed by atoms with van der Waals surface area (Å²) in [5.41, 5.74) is 0.315. The number of non-ortho nitro benzene ring substituents is 1. The highest BCUT2D eigenvalue weighted by atomic mass is 19.1. The number of esters is 1. The fraction of sp³-hybridized carbons (Fsp3) is 0.0345. The molecule has 4 aromatic rings. The van der Waals surface area contributed by atoms with E-state index in [0.29, 0.717) is 0 Å². The van der Waals surface area contributed by atoms with Crippen molar-refractivity contribution in [2.75, 3.05) is 4.90 Å². The zero-order valence-electron chi connectivity index (χ0n) is 19.9. The molecule has 0 bridgehead atoms. The summed E-state index contributed by atoms with van der Waals surface area (Å²) in [4.78, 5) is 63.7. The number of nitrogens with zero attached hydrogens (tertiary/aromatic N) is 2. The number of ketones is 1. The van der Waals surface area contributed by atoms with E-state index in [-0.39, 0.29) is 39.2 Å². The summed E-state index contributed by atoms with van der Waals surface area (Å²) in [5.74, 6) is -3.39. The van der Waals surface area contributed by atoms with Crippen LogP contribution in [0.4, 0.5) is 15.8 Å². The Kier molecular flexibility index (Phi) is 6.51. The van der Waals surface area contributed by atoms with Gasteiger partial charge in [-0.3, -0.25) is 24.5 Å². The van der Waals surface area contributed by atoms with Crippen LogP contribution < -0.4 is 4.90 Å². The number of carbonyl (C=O) groups is 4. The molecule has 1 heterocycles. The number of benzene rings is 4. The molecule has 0 N–H and O–H groups in total. The maximum Gasteiger partial charge on any atom is 0.339 e. The van der Waals surface area contributed by atoms with Gasteiger partial charge in [0.25, 0.3) is 17.5 Å². The van der Waals surface area contributed by atoms with Gasteiger partial charge in [-0.2, -0.15) is 0 Å². The quantitative estimate of drug-likeness (QED) is 0.105. The highest BCUT2D eigenvalue weighted by molar-refractivity contribution is 6.34. The summed E-state index contributed by atoms with van der Waals surface area (Å²) in [7, 11) is 0. The molecule has 192 valence electrons. The molecule has 4 aromatic carbocycles. The van der Waals surface area contributed by atoms with Gasteiger partial charge in [0.2, 0.25) is 5.78 Å². The second-order valence-corrected chi connectivity index (χ2v) is 8.55. The third kappa shape index (κ3) is 4.78. The highest BCUT2D eigenvalue weighted by Crippen LogP contribution is 2.31. The molecular weight excluding hydrogens is 507 g/mol. The molecule has 0 saturated carbocycles. The third-order valence-corrected chi connectivity index (χ3v) is 6.14. The van der Waals surface area contributed by atoms with Crippen LogP contribution >= 0.6 is 0 Å². The van der Waals surface area contributed by atoms with Crippen LogP contribution in [0, 0.1) is 15.9 Å². The highest BCUT2D eigenvalue weighted by Gasteiger charge is 2.37. The monoisotopic (exact) mass is 524 g/mol. The fourth-order valence-corrected chi connectivity index (χ4v) is 4.17. The summed E-state index contributed by atoms with van der Waals surface area (Å²) in [6.07, 6.45) is -1.44. The molecule has 0 aromatic heterocycles. The predicted octanol–water partition coefficient (Wildman–Crippen LogP) is 5.32. The maximum absolute atomic E-state index is 13.3. The lowest BCUT2D eigenvalue weighted by atomic mass is 9.99. The lowest BCUT2D eigenvalue weighted by Crippen LogP contribution is -2.29. The summed E-state index contributed by atoms with van der Waals surface area (Å²) in [5, 5.41) is 11.1. The molecule has 39 heavy (non-hydrogen) atoms. The third-order valence-electron chi connectivity index (χ3n) is 6.14. The average molecular weight is 524 g/mol. The maximum atomic E-state index is 13.3. The molecule has 5 rings (SSSR count). The first-order chi connectivity index (χ1) is 18.7. The number of fused-ring (bicyclic) bond motifs is 1. The molecule has 0 saturated heterocycles. The SMILES string of the molecule is O=C(O[C@@H](C(=O)c1ccccc1)c1ccc([N+](=O)[O-])cc1)c1ccc2c(c1)C(=O)N(c1ccc(F)cc1)C2=O. The number of hydrogen-bond acceptors (Lipinski definition) is 7. The van der Waals surface area contributed by atoms with Crippen LogP contribution in [0.15, 0.2) is 97.1 Å². The van der Waals surface area contributed by atoms with Gasteiger partial charge in [-0.25, -0.2) is 14.1 Å². The number of nitro benzene ring substituents is 1. The number of amides is 2. The number of anilines is 1. The van der Waals surface area contributed by atoms with Gasteiger partial charge in [0.05, 0.1) is 27.3 Å². The van der Waals surface area contributed by atoms with Crippen molar-refractivity contribution >= 4 is 34.9 Å². The van der Waals surface area contributed by atoms with Crippen molar-refractivity contribution in [1.29, 1.82) is 0 Å². The molecule has 0 fully saturated rings. The van der Waals surface area contributed by atoms with Crippen molar-refractivity contribution < 1.29 is 33.2 Å². The largest absolute Gasteiger partial charge is 0.445 e. The molecule has 2 amide bonds. The number of ether oxygens (including phenoxy) is 1. The zero-order valence-corrected chi connectivity index (χ0v) is 19.9. The molecule has 0 spiro atoms. The number of Topliss-reactive ketones (excluding diaryl/α,β-unsaturated/α-hetero) is 1. The Morgan fingerprint density at radius 1 is 0.795 bits per heavy atom. The van der Waals surface area contributed by atoms with E-state index in [1.807, 2.05) is 0 Å². The second kappa shape index (κ2) is 10.1. The van der Waals surface area contributed by atoms with Crippen LogP contribution in [0.2, 0.25) is 0 Å². The topological polar surface area (TPSA) is 124 Å². The Morgan fingerprint density at radius 3 is 2.08 bits per heavy atom. The summed E-state index contributed by atoms with van der Waals surface area (Å²) in [6.45, 7) is 0. The van der Waals surface area contributed by atoms with E-state index >= 15 is 0 Å². The number of nitro groups is 1. The van der Waals surface area contributed by atoms with Crippen LogP contribution in [-0.4, -0.2) is 28.5 Å². The normalized spacial score (nSPS) is 13.1. The van der Waals surface area contributed by atoms with E-state index in [1.165, 1.54) is 66.7 Å². The van der Waals surface area contributed by atoms with Crippen molar-refractivity contribution in [3.63, 3.8) is 0 Å². The fourth-order valence-electron chi connectivity index (χ4n) is 4.17. The minimum absolute atomic E-state index is 0.0492. The van der Waals surface area contributed by atoms with Gasteiger partial charge >= 0.3 is 5.97 Å². The van der Waals surface area contributed by atoms with E-state index in [9.17, 15) is 33.7 Å². The average Bonchev–Trinajstić information content (AvgIpc) is 3.21. The molecule has 0 unspecified atom stereocenters. The van der Waals surface area contributed by atoms with E-state index < -0.39 is 40.4 Å². The van der Waals surface area contributed by atoms with Gasteiger partial charge in [0.1, 0.15) is 5.82 Å². The van der Waals surface area contributed by atoms with Crippen LogP contribution in [0.3, 0.4) is 0 Å². The van der Waals surface area contributed by atoms with E-state index in [1.54, 1.807) is 18.2 Å². The minimum atomic E-state index is -1.44. The summed E-state index contributed by atoms with van der Waals surface area (Å²) in [6, 6.07) is 21.7. The number of imide groups is 1. The Bertz CT molecular complexity index is 1640. The lowest BCUT2D eigenvalue weighted by molar-refractivity contribution is -0.384. The molecule has 1 atom stereocenters. The first kappa shape index (κ1) is 25.2. The van der Waals surface area contributed by atoms with Crippen molar-refractivity contribution in [2.45, 2.75) is 6.10 Å². The second-order valence-electron chi connectivity index (χ2n) is 8.55. The molecule has 1 aliphatic rings. The Balaban J connectivity index is 1.45. The number of rotatable bonds is 7. The Morgan fingerprint density at radius 2 is 1.44 bits per heavy atom. The van der Waals surface area contributed by atoms with Crippen molar-refractivity contribution in [1.82, 2.24) is 0 Å². The molecule has 1 aliphatic heterocycles. The standard InChI is InChI=1S/C29H17FN2O7/c30-20-9-13-21(14-10-20)31-27(34)23-15-8-19(16-24(23)28(31)35)29(36)39-26(25(33)17-4-2-1-3-5-17)18-6-11-22(12-7-18)32(37)38/h1-16,26H/t26-/m1/s1. The molecular formula is C29H17FN2O7. The molecule has 10 heteroatoms. The van der Waals surface area contributed by atoms with Crippen molar-refractivity contribution in [2.24, 2.45) is 0 Å². The van der Waals surface area contributed by atoms with Crippen molar-refractivity contribution in [3.05, 3.63) is 141 Å². The number of halogens is 1. The van der Waals surface area contributed by atoms with E-state index in [4.69, 9.17) is 4.74 Å². The van der Waals surface area contributed by atoms with Crippen molar-refractivity contribution in [3.8, 4) is 0 Å². The first-order valence-corrected chi connectivity index (χ1v) is 11.6. The van der Waals surface area contributed by atoms with Crippen LogP contribution in [0.25, 0.3) is 0 Å². The summed E-state index contributed by atoms with van der Waals surface area (Å²) >= 11 is 0. The lowest BCUT2D eigenvalue weighted by Gasteiger charge is -2.17. The first-order valence-electron chi connectivity index (χ1n) is 11.6. The van der Waals surface area contributed by atoms with E-state index in [2.05, 4.69) is 0 Å². The van der Waals surface area contributed by atoms with E-state index in [0.717, 1.165) is 17.0 Å². The van der Waals surface area contributed by atoms with Crippen LogP contribution in [0.5, 0.6) is 0 Å². The number of hydrogen-bond donors (Lipinski definition) is 0. The van der Waals surface area contributed by atoms with Gasteiger partial charge in [0.15, 0.2) is 6.10 Å². The van der Waals surface area contributed by atoms with Gasteiger partial charge < -0.3 is 4.74 Å². The summed E-state index contributed by atoms with van der Waals surface area (Å²) < 4.78 is 18.9.